The van der Waals surface area contributed by atoms with Gasteiger partial charge in [0.15, 0.2) is 5.54 Å². The molecule has 0 spiro atoms. The highest BCUT2D eigenvalue weighted by atomic mass is 16.5. The van der Waals surface area contributed by atoms with E-state index in [9.17, 15) is 9.59 Å². The van der Waals surface area contributed by atoms with Gasteiger partial charge in [-0.05, 0) is 26.0 Å². The Morgan fingerprint density at radius 2 is 2.23 bits per heavy atom. The van der Waals surface area contributed by atoms with Gasteiger partial charge in [-0.2, -0.15) is 5.10 Å². The van der Waals surface area contributed by atoms with E-state index in [0.29, 0.717) is 11.4 Å². The summed E-state index contributed by atoms with van der Waals surface area (Å²) in [5.74, 6) is 0.224. The van der Waals surface area contributed by atoms with Crippen LogP contribution in [0.3, 0.4) is 0 Å². The first-order valence-electron chi connectivity index (χ1n) is 6.64. The van der Waals surface area contributed by atoms with E-state index in [1.165, 1.54) is 24.3 Å². The van der Waals surface area contributed by atoms with Gasteiger partial charge in [0.25, 0.3) is 0 Å². The maximum absolute atomic E-state index is 11.8. The molecule has 2 rings (SSSR count). The number of carbonyl (C=O) groups excluding carboxylic acids is 2. The molecule has 0 radical (unpaired) electrons. The summed E-state index contributed by atoms with van der Waals surface area (Å²) in [6, 6.07) is 3.11. The number of aromatic nitrogens is 2. The summed E-state index contributed by atoms with van der Waals surface area (Å²) in [5.41, 5.74) is -0.492. The van der Waals surface area contributed by atoms with Crippen molar-refractivity contribution in [3.63, 3.8) is 0 Å². The van der Waals surface area contributed by atoms with Crippen molar-refractivity contribution in [1.29, 1.82) is 0 Å². The van der Waals surface area contributed by atoms with Gasteiger partial charge < -0.3 is 19.8 Å². The molecule has 0 aliphatic rings. The van der Waals surface area contributed by atoms with Crippen LogP contribution in [-0.2, 0) is 21.6 Å². The highest BCUT2D eigenvalue weighted by molar-refractivity contribution is 5.89. The molecule has 2 amide bonds. The van der Waals surface area contributed by atoms with Crippen molar-refractivity contribution < 1.29 is 18.7 Å². The lowest BCUT2D eigenvalue weighted by Gasteiger charge is -2.21. The van der Waals surface area contributed by atoms with E-state index in [1.807, 2.05) is 0 Å². The van der Waals surface area contributed by atoms with Gasteiger partial charge in [0, 0.05) is 6.20 Å². The number of amides is 2. The molecule has 0 atom stereocenters. The Balaban J connectivity index is 1.94. The fraction of sp³-hybridized carbons (Fsp3) is 0.357. The van der Waals surface area contributed by atoms with Gasteiger partial charge in [-0.15, -0.1) is 0 Å². The minimum Gasteiger partial charge on any atom is -0.467 e. The van der Waals surface area contributed by atoms with Crippen LogP contribution < -0.4 is 10.6 Å². The Bertz CT molecular complexity index is 646. The molecule has 22 heavy (non-hydrogen) atoms. The lowest BCUT2D eigenvalue weighted by atomic mass is 10.1. The Morgan fingerprint density at radius 3 is 2.86 bits per heavy atom. The summed E-state index contributed by atoms with van der Waals surface area (Å²) in [7, 11) is 1.31. The highest BCUT2D eigenvalue weighted by Gasteiger charge is 2.31. The number of furan rings is 1. The zero-order chi connectivity index (χ0) is 16.2. The highest BCUT2D eigenvalue weighted by Crippen LogP contribution is 2.18. The zero-order valence-corrected chi connectivity index (χ0v) is 12.6. The first-order chi connectivity index (χ1) is 10.4. The van der Waals surface area contributed by atoms with E-state index in [0.717, 1.165) is 0 Å². The van der Waals surface area contributed by atoms with Gasteiger partial charge in [0.1, 0.15) is 5.76 Å². The second-order valence-electron chi connectivity index (χ2n) is 5.11. The average Bonchev–Trinajstić information content (AvgIpc) is 3.15. The molecule has 0 unspecified atom stereocenters. The number of hydrogen-bond donors (Lipinski definition) is 2. The Labute approximate surface area is 127 Å². The predicted molar refractivity (Wildman–Crippen MR) is 78.1 cm³/mol. The number of hydrogen-bond acceptors (Lipinski definition) is 5. The molecular weight excluding hydrogens is 288 g/mol. The molecule has 2 aromatic heterocycles. The van der Waals surface area contributed by atoms with Crippen molar-refractivity contribution in [1.82, 2.24) is 15.1 Å². The SMILES string of the molecule is COC(=O)C(C)(C)n1cc(NC(=O)NCc2ccco2)cn1. The fourth-order valence-corrected chi connectivity index (χ4v) is 1.79. The number of urea groups is 1. The molecule has 2 heterocycles. The van der Waals surface area contributed by atoms with E-state index in [1.54, 1.807) is 32.2 Å². The molecule has 0 aromatic carbocycles. The van der Waals surface area contributed by atoms with E-state index >= 15 is 0 Å². The molecule has 8 nitrogen and oxygen atoms in total. The quantitative estimate of drug-likeness (QED) is 0.819. The van der Waals surface area contributed by atoms with Crippen LogP contribution >= 0.6 is 0 Å². The van der Waals surface area contributed by atoms with Gasteiger partial charge in [0.05, 0.1) is 31.8 Å². The number of anilines is 1. The Hall–Kier alpha value is -2.77. The van der Waals surface area contributed by atoms with Gasteiger partial charge in [-0.3, -0.25) is 4.68 Å². The second-order valence-corrected chi connectivity index (χ2v) is 5.11. The van der Waals surface area contributed by atoms with Crippen LogP contribution in [0.1, 0.15) is 19.6 Å². The van der Waals surface area contributed by atoms with E-state index < -0.39 is 17.5 Å². The van der Waals surface area contributed by atoms with E-state index in [4.69, 9.17) is 9.15 Å². The number of carbonyl (C=O) groups is 2. The van der Waals surface area contributed by atoms with Crippen molar-refractivity contribution in [2.75, 3.05) is 12.4 Å². The molecule has 0 bridgehead atoms. The first-order valence-corrected chi connectivity index (χ1v) is 6.64. The molecule has 0 aliphatic carbocycles. The fourth-order valence-electron chi connectivity index (χ4n) is 1.79. The molecule has 0 fully saturated rings. The maximum atomic E-state index is 11.8. The van der Waals surface area contributed by atoms with Gasteiger partial charge in [-0.25, -0.2) is 9.59 Å². The van der Waals surface area contributed by atoms with Crippen molar-refractivity contribution >= 4 is 17.7 Å². The maximum Gasteiger partial charge on any atom is 0.333 e. The summed E-state index contributed by atoms with van der Waals surface area (Å²) < 4.78 is 11.3. The van der Waals surface area contributed by atoms with Crippen LogP contribution in [0.15, 0.2) is 35.2 Å². The zero-order valence-electron chi connectivity index (χ0n) is 12.6. The van der Waals surface area contributed by atoms with Crippen LogP contribution in [0.25, 0.3) is 0 Å². The minimum atomic E-state index is -0.959. The number of rotatable bonds is 5. The molecule has 2 aromatic rings. The topological polar surface area (TPSA) is 98.4 Å². The molecule has 0 aliphatic heterocycles. The summed E-state index contributed by atoms with van der Waals surface area (Å²) in [6.45, 7) is 3.62. The van der Waals surface area contributed by atoms with Crippen molar-refractivity contribution in [3.8, 4) is 0 Å². The van der Waals surface area contributed by atoms with Gasteiger partial charge >= 0.3 is 12.0 Å². The van der Waals surface area contributed by atoms with Crippen LogP contribution in [0, 0.1) is 0 Å². The van der Waals surface area contributed by atoms with Crippen molar-refractivity contribution in [3.05, 3.63) is 36.5 Å². The molecule has 0 saturated heterocycles. The van der Waals surface area contributed by atoms with E-state index in [-0.39, 0.29) is 6.54 Å². The van der Waals surface area contributed by atoms with Gasteiger partial charge in [-0.1, -0.05) is 0 Å². The van der Waals surface area contributed by atoms with Crippen LogP contribution in [0.4, 0.5) is 10.5 Å². The third-order valence-electron chi connectivity index (χ3n) is 3.10. The smallest absolute Gasteiger partial charge is 0.333 e. The summed E-state index contributed by atoms with van der Waals surface area (Å²) >= 11 is 0. The summed E-state index contributed by atoms with van der Waals surface area (Å²) in [6.07, 6.45) is 4.55. The molecule has 2 N–H and O–H groups in total. The number of ether oxygens (including phenoxy) is 1. The van der Waals surface area contributed by atoms with Crippen LogP contribution in [0.5, 0.6) is 0 Å². The predicted octanol–water partition coefficient (Wildman–Crippen LogP) is 1.71. The molecule has 118 valence electrons. The third-order valence-corrected chi connectivity index (χ3v) is 3.10. The largest absolute Gasteiger partial charge is 0.467 e. The molecule has 0 saturated carbocycles. The first kappa shape index (κ1) is 15.6. The minimum absolute atomic E-state index is 0.278. The van der Waals surface area contributed by atoms with Gasteiger partial charge in [0.2, 0.25) is 0 Å². The van der Waals surface area contributed by atoms with Crippen LogP contribution in [0.2, 0.25) is 0 Å². The molecular formula is C14H18N4O4. The summed E-state index contributed by atoms with van der Waals surface area (Å²) in [5, 5.41) is 9.34. The van der Waals surface area contributed by atoms with Crippen molar-refractivity contribution in [2.45, 2.75) is 25.9 Å². The lowest BCUT2D eigenvalue weighted by Crippen LogP contribution is -2.37. The number of esters is 1. The standard InChI is InChI=1S/C14H18N4O4/c1-14(2,12(19)21-3)18-9-10(7-16-18)17-13(20)15-8-11-5-4-6-22-11/h4-7,9H,8H2,1-3H3,(H2,15,17,20). The number of methoxy groups -OCH3 is 1. The third kappa shape index (κ3) is 3.46. The lowest BCUT2D eigenvalue weighted by molar-refractivity contribution is -0.150. The van der Waals surface area contributed by atoms with Crippen molar-refractivity contribution in [2.24, 2.45) is 0 Å². The average molecular weight is 306 g/mol. The number of nitrogens with one attached hydrogen (secondary N) is 2. The summed E-state index contributed by atoms with van der Waals surface area (Å²) in [4.78, 5) is 23.5. The second kappa shape index (κ2) is 6.33. The normalized spacial score (nSPS) is 11.0. The monoisotopic (exact) mass is 306 g/mol. The molecule has 8 heteroatoms. The number of nitrogens with zero attached hydrogens (tertiary/aromatic N) is 2. The van der Waals surface area contributed by atoms with Crippen LogP contribution in [-0.4, -0.2) is 28.9 Å². The van der Waals surface area contributed by atoms with E-state index in [2.05, 4.69) is 15.7 Å². The Kier molecular flexibility index (Phi) is 4.50. The Morgan fingerprint density at radius 1 is 1.45 bits per heavy atom.